The van der Waals surface area contributed by atoms with Gasteiger partial charge in [0, 0.05) is 31.0 Å². The third-order valence-corrected chi connectivity index (χ3v) is 4.72. The number of carbonyl (C=O) groups is 1. The van der Waals surface area contributed by atoms with Crippen molar-refractivity contribution in [2.24, 2.45) is 0 Å². The average Bonchev–Trinajstić information content (AvgIpc) is 3.10. The first-order chi connectivity index (χ1) is 11.1. The van der Waals surface area contributed by atoms with Crippen molar-refractivity contribution < 1.29 is 9.32 Å². The van der Waals surface area contributed by atoms with Crippen LogP contribution >= 0.6 is 0 Å². The van der Waals surface area contributed by atoms with Crippen molar-refractivity contribution in [3.8, 4) is 0 Å². The lowest BCUT2D eigenvalue weighted by atomic mass is 10.1. The van der Waals surface area contributed by atoms with Crippen LogP contribution in [0.4, 0.5) is 0 Å². The Balaban J connectivity index is 1.58. The lowest BCUT2D eigenvalue weighted by Crippen LogP contribution is -2.41. The first-order valence-electron chi connectivity index (χ1n) is 8.27. The second-order valence-corrected chi connectivity index (χ2v) is 6.79. The van der Waals surface area contributed by atoms with Crippen molar-refractivity contribution in [2.75, 3.05) is 6.54 Å². The van der Waals surface area contributed by atoms with Crippen molar-refractivity contribution in [3.05, 3.63) is 29.2 Å². The van der Waals surface area contributed by atoms with Gasteiger partial charge in [-0.15, -0.1) is 10.2 Å². The predicted molar refractivity (Wildman–Crippen MR) is 82.0 cm³/mol. The molecule has 0 bridgehead atoms. The Bertz CT molecular complexity index is 743. The van der Waals surface area contributed by atoms with Gasteiger partial charge in [-0.1, -0.05) is 19.0 Å². The molecule has 0 aromatic carbocycles. The third-order valence-electron chi connectivity index (χ3n) is 4.72. The SMILES string of the molecule is CC(C)c1nnc2n1CCN(C(=O)c1cc(C3CC3)on1)C2C. The Morgan fingerprint density at radius 1 is 1.30 bits per heavy atom. The summed E-state index contributed by atoms with van der Waals surface area (Å²) in [7, 11) is 0. The van der Waals surface area contributed by atoms with E-state index in [0.29, 0.717) is 24.1 Å². The normalized spacial score (nSPS) is 20.9. The van der Waals surface area contributed by atoms with E-state index < -0.39 is 0 Å². The summed E-state index contributed by atoms with van der Waals surface area (Å²) in [5, 5.41) is 12.6. The number of hydrogen-bond donors (Lipinski definition) is 0. The minimum absolute atomic E-state index is 0.0894. The molecule has 1 fully saturated rings. The summed E-state index contributed by atoms with van der Waals surface area (Å²) in [5.74, 6) is 3.36. The van der Waals surface area contributed by atoms with Gasteiger partial charge in [0.1, 0.15) is 11.6 Å². The van der Waals surface area contributed by atoms with Crippen LogP contribution < -0.4 is 0 Å². The van der Waals surface area contributed by atoms with Gasteiger partial charge in [0.2, 0.25) is 0 Å². The molecule has 1 saturated carbocycles. The van der Waals surface area contributed by atoms with Gasteiger partial charge in [0.05, 0.1) is 6.04 Å². The highest BCUT2D eigenvalue weighted by Crippen LogP contribution is 2.40. The summed E-state index contributed by atoms with van der Waals surface area (Å²) < 4.78 is 7.45. The molecule has 0 spiro atoms. The highest BCUT2D eigenvalue weighted by Gasteiger charge is 2.35. The van der Waals surface area contributed by atoms with Crippen LogP contribution in [0.2, 0.25) is 0 Å². The number of hydrogen-bond acceptors (Lipinski definition) is 5. The summed E-state index contributed by atoms with van der Waals surface area (Å²) in [6, 6.07) is 1.68. The molecule has 2 aliphatic rings. The minimum atomic E-state index is -0.114. The zero-order valence-electron chi connectivity index (χ0n) is 13.7. The van der Waals surface area contributed by atoms with Gasteiger partial charge in [-0.2, -0.15) is 0 Å². The molecular weight excluding hydrogens is 294 g/mol. The molecule has 3 heterocycles. The summed E-state index contributed by atoms with van der Waals surface area (Å²) in [5.41, 5.74) is 0.399. The second kappa shape index (κ2) is 5.18. The van der Waals surface area contributed by atoms with Crippen LogP contribution in [0.25, 0.3) is 0 Å². The Morgan fingerprint density at radius 2 is 2.09 bits per heavy atom. The number of fused-ring (bicyclic) bond motifs is 1. The van der Waals surface area contributed by atoms with Crippen LogP contribution in [-0.2, 0) is 6.54 Å². The molecule has 0 radical (unpaired) electrons. The van der Waals surface area contributed by atoms with Gasteiger partial charge in [0.25, 0.3) is 5.91 Å². The molecule has 7 nitrogen and oxygen atoms in total. The zero-order valence-corrected chi connectivity index (χ0v) is 13.7. The molecule has 7 heteroatoms. The highest BCUT2D eigenvalue weighted by atomic mass is 16.5. The molecule has 0 saturated heterocycles. The van der Waals surface area contributed by atoms with E-state index in [2.05, 4.69) is 33.8 Å². The van der Waals surface area contributed by atoms with E-state index in [0.717, 1.165) is 36.8 Å². The molecule has 23 heavy (non-hydrogen) atoms. The molecule has 2 aromatic heterocycles. The summed E-state index contributed by atoms with van der Waals surface area (Å²) >= 11 is 0. The summed E-state index contributed by atoms with van der Waals surface area (Å²) in [4.78, 5) is 14.6. The van der Waals surface area contributed by atoms with Crippen molar-refractivity contribution in [3.63, 3.8) is 0 Å². The number of rotatable bonds is 3. The van der Waals surface area contributed by atoms with E-state index in [4.69, 9.17) is 4.52 Å². The van der Waals surface area contributed by atoms with Gasteiger partial charge in [0.15, 0.2) is 11.5 Å². The Hall–Kier alpha value is -2.18. The second-order valence-electron chi connectivity index (χ2n) is 6.79. The molecule has 1 aliphatic heterocycles. The van der Waals surface area contributed by atoms with Crippen molar-refractivity contribution >= 4 is 5.91 Å². The molecule has 1 amide bonds. The first kappa shape index (κ1) is 14.4. The van der Waals surface area contributed by atoms with Gasteiger partial charge < -0.3 is 14.0 Å². The minimum Gasteiger partial charge on any atom is -0.360 e. The molecule has 1 atom stereocenters. The number of nitrogens with zero attached hydrogens (tertiary/aromatic N) is 5. The Morgan fingerprint density at radius 3 is 2.78 bits per heavy atom. The molecule has 1 unspecified atom stereocenters. The van der Waals surface area contributed by atoms with Gasteiger partial charge >= 0.3 is 0 Å². The molecule has 2 aromatic rings. The number of carbonyl (C=O) groups excluding carboxylic acids is 1. The van der Waals surface area contributed by atoms with Crippen LogP contribution in [-0.4, -0.2) is 37.3 Å². The fourth-order valence-corrected chi connectivity index (χ4v) is 3.21. The maximum absolute atomic E-state index is 12.8. The van der Waals surface area contributed by atoms with Crippen LogP contribution in [0.15, 0.2) is 10.6 Å². The third kappa shape index (κ3) is 2.34. The fourth-order valence-electron chi connectivity index (χ4n) is 3.21. The standard InChI is InChI=1S/C16H21N5O2/c1-9(2)14-17-18-15-10(3)20(6-7-21(14)15)16(22)12-8-13(23-19-12)11-4-5-11/h8-11H,4-7H2,1-3H3. The van der Waals surface area contributed by atoms with Gasteiger partial charge in [-0.3, -0.25) is 4.79 Å². The topological polar surface area (TPSA) is 77.0 Å². The van der Waals surface area contributed by atoms with E-state index in [9.17, 15) is 4.79 Å². The van der Waals surface area contributed by atoms with Crippen molar-refractivity contribution in [1.29, 1.82) is 0 Å². The lowest BCUT2D eigenvalue weighted by Gasteiger charge is -2.33. The van der Waals surface area contributed by atoms with Crippen molar-refractivity contribution in [2.45, 2.75) is 58.0 Å². The molecular formula is C16H21N5O2. The number of aromatic nitrogens is 4. The summed E-state index contributed by atoms with van der Waals surface area (Å²) in [6.45, 7) is 7.56. The van der Waals surface area contributed by atoms with Crippen LogP contribution in [0.5, 0.6) is 0 Å². The van der Waals surface area contributed by atoms with E-state index >= 15 is 0 Å². The van der Waals surface area contributed by atoms with Crippen LogP contribution in [0.1, 0.15) is 79.4 Å². The average molecular weight is 315 g/mol. The van der Waals surface area contributed by atoms with Crippen LogP contribution in [0.3, 0.4) is 0 Å². The number of amides is 1. The molecule has 4 rings (SSSR count). The lowest BCUT2D eigenvalue weighted by molar-refractivity contribution is 0.0625. The summed E-state index contributed by atoms with van der Waals surface area (Å²) in [6.07, 6.45) is 2.26. The maximum Gasteiger partial charge on any atom is 0.276 e. The van der Waals surface area contributed by atoms with E-state index in [1.54, 1.807) is 6.07 Å². The van der Waals surface area contributed by atoms with Crippen LogP contribution in [0, 0.1) is 0 Å². The molecule has 122 valence electrons. The Labute approximate surface area is 134 Å². The first-order valence-corrected chi connectivity index (χ1v) is 8.27. The predicted octanol–water partition coefficient (Wildman–Crippen LogP) is 2.48. The largest absolute Gasteiger partial charge is 0.360 e. The highest BCUT2D eigenvalue weighted by molar-refractivity contribution is 5.92. The Kier molecular flexibility index (Phi) is 3.25. The fraction of sp³-hybridized carbons (Fsp3) is 0.625. The monoisotopic (exact) mass is 315 g/mol. The molecule has 0 N–H and O–H groups in total. The van der Waals surface area contributed by atoms with E-state index in [-0.39, 0.29) is 11.9 Å². The van der Waals surface area contributed by atoms with E-state index in [1.165, 1.54) is 0 Å². The molecule has 1 aliphatic carbocycles. The van der Waals surface area contributed by atoms with Gasteiger partial charge in [-0.25, -0.2) is 0 Å². The zero-order chi connectivity index (χ0) is 16.1. The quantitative estimate of drug-likeness (QED) is 0.869. The van der Waals surface area contributed by atoms with Crippen molar-refractivity contribution in [1.82, 2.24) is 24.8 Å². The smallest absolute Gasteiger partial charge is 0.276 e. The maximum atomic E-state index is 12.8. The van der Waals surface area contributed by atoms with Gasteiger partial charge in [-0.05, 0) is 19.8 Å². The van der Waals surface area contributed by atoms with E-state index in [1.807, 2.05) is 11.8 Å².